The molecule has 4 aliphatic rings. The van der Waals surface area contributed by atoms with Crippen molar-refractivity contribution in [2.45, 2.75) is 62.4 Å². The van der Waals surface area contributed by atoms with E-state index < -0.39 is 29.8 Å². The molecule has 0 unspecified atom stereocenters. The quantitative estimate of drug-likeness (QED) is 0.457. The summed E-state index contributed by atoms with van der Waals surface area (Å²) in [6.45, 7) is -0.248. The number of halogens is 5. The fourth-order valence-corrected chi connectivity index (χ4v) is 5.71. The molecule has 0 radical (unpaired) electrons. The summed E-state index contributed by atoms with van der Waals surface area (Å²) in [7, 11) is 0. The van der Waals surface area contributed by atoms with E-state index in [-0.39, 0.29) is 30.0 Å². The van der Waals surface area contributed by atoms with Crippen LogP contribution < -0.4 is 15.4 Å². The number of piperidine rings is 3. The SMILES string of the molecule is O=C(N[C@@H]1CN2CCC1CC2)[C@H](Cc1ccc(C(F)(F)F)cc1)NC(=O)C1(c2ccc(OC(F)F)cc2)CC1. The Bertz CT molecular complexity index is 1170. The molecule has 6 rings (SSSR count). The van der Waals surface area contributed by atoms with Crippen LogP contribution >= 0.6 is 0 Å². The lowest BCUT2D eigenvalue weighted by atomic mass is 9.84. The van der Waals surface area contributed by atoms with E-state index in [4.69, 9.17) is 0 Å². The minimum absolute atomic E-state index is 0.0219. The monoisotopic (exact) mass is 551 g/mol. The fraction of sp³-hybridized carbons (Fsp3) is 0.500. The molecule has 2 N–H and O–H groups in total. The second-order valence-corrected chi connectivity index (χ2v) is 10.7. The number of nitrogens with zero attached hydrogens (tertiary/aromatic N) is 1. The first-order valence-electron chi connectivity index (χ1n) is 13.1. The van der Waals surface area contributed by atoms with Gasteiger partial charge in [0.25, 0.3) is 0 Å². The Morgan fingerprint density at radius 3 is 2.15 bits per heavy atom. The number of amides is 2. The minimum Gasteiger partial charge on any atom is -0.435 e. The van der Waals surface area contributed by atoms with Crippen molar-refractivity contribution in [2.75, 3.05) is 19.6 Å². The Kier molecular flexibility index (Phi) is 7.54. The molecular weight excluding hydrogens is 521 g/mol. The first kappa shape index (κ1) is 27.4. The van der Waals surface area contributed by atoms with E-state index in [1.54, 1.807) is 12.1 Å². The van der Waals surface area contributed by atoms with Gasteiger partial charge in [-0.05, 0) is 80.1 Å². The molecule has 2 aromatic carbocycles. The van der Waals surface area contributed by atoms with E-state index in [1.165, 1.54) is 24.3 Å². The van der Waals surface area contributed by atoms with Crippen LogP contribution in [0.25, 0.3) is 0 Å². The van der Waals surface area contributed by atoms with Crippen molar-refractivity contribution >= 4 is 11.8 Å². The van der Waals surface area contributed by atoms with Gasteiger partial charge in [-0.2, -0.15) is 22.0 Å². The van der Waals surface area contributed by atoms with Crippen LogP contribution in [-0.4, -0.2) is 55.0 Å². The number of alkyl halides is 5. The molecule has 1 aliphatic carbocycles. The topological polar surface area (TPSA) is 70.7 Å². The average molecular weight is 552 g/mol. The molecular formula is C28H30F5N3O3. The molecule has 0 spiro atoms. The van der Waals surface area contributed by atoms with E-state index in [0.29, 0.717) is 29.9 Å². The standard InChI is InChI=1S/C28H30F5N3O3/c29-26(30)39-21-7-5-19(6-8-21)27(11-12-27)25(38)35-22(15-17-1-3-20(4-2-17)28(31,32)33)24(37)34-23-16-36-13-9-18(23)10-14-36/h1-8,18,22-23,26H,9-16H2,(H,34,37)(H,35,38)/t22-,23+/m0/s1. The largest absolute Gasteiger partial charge is 0.435 e. The number of ether oxygens (including phenoxy) is 1. The Hall–Kier alpha value is -3.21. The van der Waals surface area contributed by atoms with Crippen molar-refractivity contribution in [3.05, 3.63) is 65.2 Å². The Balaban J connectivity index is 1.32. The first-order chi connectivity index (χ1) is 18.5. The lowest BCUT2D eigenvalue weighted by Crippen LogP contribution is -2.60. The zero-order chi connectivity index (χ0) is 27.8. The maximum absolute atomic E-state index is 13.5. The van der Waals surface area contributed by atoms with Gasteiger partial charge in [-0.25, -0.2) is 0 Å². The third-order valence-corrected chi connectivity index (χ3v) is 8.14. The number of nitrogens with one attached hydrogen (secondary N) is 2. The second kappa shape index (κ2) is 10.7. The van der Waals surface area contributed by atoms with Gasteiger partial charge in [0, 0.05) is 19.0 Å². The highest BCUT2D eigenvalue weighted by Crippen LogP contribution is 2.49. The van der Waals surface area contributed by atoms with Crippen molar-refractivity contribution in [2.24, 2.45) is 5.92 Å². The summed E-state index contributed by atoms with van der Waals surface area (Å²) in [4.78, 5) is 29.3. The number of benzene rings is 2. The van der Waals surface area contributed by atoms with Gasteiger partial charge in [0.1, 0.15) is 11.8 Å². The molecule has 0 aromatic heterocycles. The summed E-state index contributed by atoms with van der Waals surface area (Å²) in [6.07, 6.45) is -1.46. The summed E-state index contributed by atoms with van der Waals surface area (Å²) >= 11 is 0. The van der Waals surface area contributed by atoms with Gasteiger partial charge < -0.3 is 20.3 Å². The zero-order valence-electron chi connectivity index (χ0n) is 21.1. The van der Waals surface area contributed by atoms with Gasteiger partial charge >= 0.3 is 12.8 Å². The highest BCUT2D eigenvalue weighted by molar-refractivity contribution is 5.95. The van der Waals surface area contributed by atoms with Gasteiger partial charge in [-0.15, -0.1) is 0 Å². The second-order valence-electron chi connectivity index (χ2n) is 10.7. The molecule has 2 bridgehead atoms. The van der Waals surface area contributed by atoms with Gasteiger partial charge in [-0.1, -0.05) is 24.3 Å². The molecule has 3 saturated heterocycles. The molecule has 3 aliphatic heterocycles. The highest BCUT2D eigenvalue weighted by atomic mass is 19.4. The van der Waals surface area contributed by atoms with Crippen molar-refractivity contribution in [1.82, 2.24) is 15.5 Å². The number of hydrogen-bond acceptors (Lipinski definition) is 4. The smallest absolute Gasteiger partial charge is 0.416 e. The normalized spacial score (nSPS) is 24.2. The number of rotatable bonds is 9. The molecule has 2 atom stereocenters. The molecule has 6 nitrogen and oxygen atoms in total. The molecule has 1 saturated carbocycles. The summed E-state index contributed by atoms with van der Waals surface area (Å²) in [5, 5.41) is 5.94. The van der Waals surface area contributed by atoms with E-state index in [0.717, 1.165) is 44.6 Å². The number of fused-ring (bicyclic) bond motifs is 3. The van der Waals surface area contributed by atoms with Crippen LogP contribution in [0.15, 0.2) is 48.5 Å². The van der Waals surface area contributed by atoms with Crippen molar-refractivity contribution in [3.8, 4) is 5.75 Å². The van der Waals surface area contributed by atoms with Gasteiger partial charge in [-0.3, -0.25) is 9.59 Å². The maximum Gasteiger partial charge on any atom is 0.416 e. The fourth-order valence-electron chi connectivity index (χ4n) is 5.71. The number of hydrogen-bond donors (Lipinski definition) is 2. The Morgan fingerprint density at radius 2 is 1.64 bits per heavy atom. The lowest BCUT2D eigenvalue weighted by molar-refractivity contribution is -0.137. The van der Waals surface area contributed by atoms with Crippen LogP contribution in [0.3, 0.4) is 0 Å². The summed E-state index contributed by atoms with van der Waals surface area (Å²) in [6, 6.07) is 9.37. The molecule has 210 valence electrons. The minimum atomic E-state index is -4.48. The number of carbonyl (C=O) groups is 2. The van der Waals surface area contributed by atoms with E-state index in [9.17, 15) is 31.5 Å². The van der Waals surface area contributed by atoms with E-state index in [2.05, 4.69) is 20.3 Å². The van der Waals surface area contributed by atoms with Crippen molar-refractivity contribution in [3.63, 3.8) is 0 Å². The molecule has 39 heavy (non-hydrogen) atoms. The third-order valence-electron chi connectivity index (χ3n) is 8.14. The summed E-state index contributed by atoms with van der Waals surface area (Å²) in [5.74, 6) is -0.434. The van der Waals surface area contributed by atoms with Crippen LogP contribution in [-0.2, 0) is 27.6 Å². The van der Waals surface area contributed by atoms with Crippen LogP contribution in [0.4, 0.5) is 22.0 Å². The van der Waals surface area contributed by atoms with Crippen LogP contribution in [0.2, 0.25) is 0 Å². The van der Waals surface area contributed by atoms with Crippen LogP contribution in [0.5, 0.6) is 5.75 Å². The molecule has 2 aromatic rings. The van der Waals surface area contributed by atoms with Crippen molar-refractivity contribution in [1.29, 1.82) is 0 Å². The predicted octanol–water partition coefficient (Wildman–Crippen LogP) is 4.28. The van der Waals surface area contributed by atoms with E-state index >= 15 is 0 Å². The zero-order valence-corrected chi connectivity index (χ0v) is 21.1. The van der Waals surface area contributed by atoms with Crippen LogP contribution in [0, 0.1) is 5.92 Å². The Morgan fingerprint density at radius 1 is 1.00 bits per heavy atom. The summed E-state index contributed by atoms with van der Waals surface area (Å²) in [5.41, 5.74) is -0.597. The highest BCUT2D eigenvalue weighted by Gasteiger charge is 2.52. The van der Waals surface area contributed by atoms with E-state index in [1.807, 2.05) is 0 Å². The Labute approximate surface area is 222 Å². The van der Waals surface area contributed by atoms with Gasteiger partial charge in [0.05, 0.1) is 11.0 Å². The van der Waals surface area contributed by atoms with Gasteiger partial charge in [0.2, 0.25) is 11.8 Å². The molecule has 4 fully saturated rings. The van der Waals surface area contributed by atoms with Gasteiger partial charge in [0.15, 0.2) is 0 Å². The average Bonchev–Trinajstić information content (AvgIpc) is 3.71. The lowest BCUT2D eigenvalue weighted by Gasteiger charge is -2.45. The maximum atomic E-state index is 13.5. The molecule has 11 heteroatoms. The van der Waals surface area contributed by atoms with Crippen molar-refractivity contribution < 1.29 is 36.3 Å². The number of carbonyl (C=O) groups excluding carboxylic acids is 2. The predicted molar refractivity (Wildman–Crippen MR) is 132 cm³/mol. The molecule has 3 heterocycles. The first-order valence-corrected chi connectivity index (χ1v) is 13.1. The molecule has 2 amide bonds. The van der Waals surface area contributed by atoms with Crippen LogP contribution in [0.1, 0.15) is 42.4 Å². The third kappa shape index (κ3) is 6.18. The summed E-state index contributed by atoms with van der Waals surface area (Å²) < 4.78 is 68.5.